The molecule has 4 heteroatoms. The number of thiazole rings is 1. The second kappa shape index (κ2) is 5.98. The van der Waals surface area contributed by atoms with Gasteiger partial charge in [0.05, 0.1) is 10.6 Å². The monoisotopic (exact) mass is 300 g/mol. The molecule has 1 fully saturated rings. The largest absolute Gasteiger partial charge is 0.345 e. The minimum Gasteiger partial charge on any atom is -0.345 e. The third-order valence-corrected chi connectivity index (χ3v) is 5.43. The van der Waals surface area contributed by atoms with E-state index in [0.29, 0.717) is 12.0 Å². The van der Waals surface area contributed by atoms with Crippen LogP contribution in [0.25, 0.3) is 11.3 Å². The summed E-state index contributed by atoms with van der Waals surface area (Å²) < 4.78 is 0. The Balaban J connectivity index is 1.98. The molecule has 0 amide bonds. The highest BCUT2D eigenvalue weighted by atomic mass is 32.1. The van der Waals surface area contributed by atoms with E-state index in [1.54, 1.807) is 0 Å². The molecule has 2 heterocycles. The fourth-order valence-electron chi connectivity index (χ4n) is 2.93. The first-order chi connectivity index (χ1) is 10.2. The molecule has 2 aromatic rings. The topological polar surface area (TPSA) is 33.2 Å². The molecule has 3 rings (SSSR count). The predicted octanol–water partition coefficient (Wildman–Crippen LogP) is 4.25. The van der Waals surface area contributed by atoms with Gasteiger partial charge in [-0.15, -0.1) is 0 Å². The molecule has 1 aromatic heterocycles. The SMILES string of the molecule is CC1CCCN(c2nc(-c3ccccc3)c(C=O)s2)C1C. The van der Waals surface area contributed by atoms with Crippen LogP contribution in [0.5, 0.6) is 0 Å². The average Bonchev–Trinajstić information content (AvgIpc) is 2.95. The molecule has 0 saturated carbocycles. The lowest BCUT2D eigenvalue weighted by atomic mass is 9.93. The van der Waals surface area contributed by atoms with E-state index < -0.39 is 0 Å². The Kier molecular flexibility index (Phi) is 4.06. The van der Waals surface area contributed by atoms with Gasteiger partial charge in [0.15, 0.2) is 11.4 Å². The molecule has 0 radical (unpaired) electrons. The minimum absolute atomic E-state index is 0.480. The van der Waals surface area contributed by atoms with Gasteiger partial charge in [0.1, 0.15) is 0 Å². The van der Waals surface area contributed by atoms with Crippen LogP contribution in [0, 0.1) is 5.92 Å². The molecule has 1 saturated heterocycles. The molecule has 2 unspecified atom stereocenters. The maximum absolute atomic E-state index is 11.4. The second-order valence-corrected chi connectivity index (χ2v) is 6.76. The maximum Gasteiger partial charge on any atom is 0.186 e. The van der Waals surface area contributed by atoms with Gasteiger partial charge in [0.25, 0.3) is 0 Å². The minimum atomic E-state index is 0.480. The summed E-state index contributed by atoms with van der Waals surface area (Å²) in [7, 11) is 0. The van der Waals surface area contributed by atoms with Gasteiger partial charge in [-0.1, -0.05) is 48.6 Å². The fraction of sp³-hybridized carbons (Fsp3) is 0.412. The second-order valence-electron chi connectivity index (χ2n) is 5.75. The number of rotatable bonds is 3. The molecule has 1 aromatic carbocycles. The summed E-state index contributed by atoms with van der Waals surface area (Å²) in [5.74, 6) is 0.669. The quantitative estimate of drug-likeness (QED) is 0.795. The standard InChI is InChI=1S/C17H20N2OS/c1-12-7-6-10-19(13(12)2)17-18-16(15(11-20)21-17)14-8-4-3-5-9-14/h3-5,8-9,11-13H,6-7,10H2,1-2H3. The summed E-state index contributed by atoms with van der Waals surface area (Å²) in [6.07, 6.45) is 3.40. The van der Waals surface area contributed by atoms with Gasteiger partial charge in [-0.05, 0) is 25.7 Å². The third-order valence-electron chi connectivity index (χ3n) is 4.42. The van der Waals surface area contributed by atoms with Crippen LogP contribution in [0.2, 0.25) is 0 Å². The summed E-state index contributed by atoms with van der Waals surface area (Å²) in [5, 5.41) is 0.981. The molecule has 2 atom stereocenters. The van der Waals surface area contributed by atoms with Gasteiger partial charge in [-0.3, -0.25) is 4.79 Å². The Bertz CT molecular complexity index is 623. The Labute approximate surface area is 129 Å². The number of hydrogen-bond acceptors (Lipinski definition) is 4. The van der Waals surface area contributed by atoms with Crippen molar-refractivity contribution in [2.45, 2.75) is 32.7 Å². The molecular formula is C17H20N2OS. The Morgan fingerprint density at radius 1 is 1.29 bits per heavy atom. The first kappa shape index (κ1) is 14.3. The van der Waals surface area contributed by atoms with Crippen LogP contribution in [-0.4, -0.2) is 23.9 Å². The number of aromatic nitrogens is 1. The number of piperidine rings is 1. The van der Waals surface area contributed by atoms with Gasteiger partial charge in [-0.25, -0.2) is 4.98 Å². The van der Waals surface area contributed by atoms with Crippen LogP contribution in [-0.2, 0) is 0 Å². The molecule has 0 bridgehead atoms. The van der Waals surface area contributed by atoms with E-state index in [1.807, 2.05) is 30.3 Å². The van der Waals surface area contributed by atoms with Crippen LogP contribution in [0.3, 0.4) is 0 Å². The van der Waals surface area contributed by atoms with Crippen molar-refractivity contribution in [3.63, 3.8) is 0 Å². The number of carbonyl (C=O) groups excluding carboxylic acids is 1. The van der Waals surface area contributed by atoms with Crippen LogP contribution in [0.15, 0.2) is 30.3 Å². The molecule has 1 aliphatic heterocycles. The smallest absolute Gasteiger partial charge is 0.186 e. The van der Waals surface area contributed by atoms with Gasteiger partial charge in [0, 0.05) is 18.2 Å². The lowest BCUT2D eigenvalue weighted by Crippen LogP contribution is -2.42. The van der Waals surface area contributed by atoms with Crippen molar-refractivity contribution >= 4 is 22.8 Å². The van der Waals surface area contributed by atoms with E-state index in [1.165, 1.54) is 24.2 Å². The van der Waals surface area contributed by atoms with Crippen LogP contribution >= 0.6 is 11.3 Å². The van der Waals surface area contributed by atoms with E-state index >= 15 is 0 Å². The van der Waals surface area contributed by atoms with Gasteiger partial charge >= 0.3 is 0 Å². The molecular weight excluding hydrogens is 280 g/mol. The number of carbonyl (C=O) groups is 1. The van der Waals surface area contributed by atoms with Crippen LogP contribution in [0.4, 0.5) is 5.13 Å². The Morgan fingerprint density at radius 2 is 2.05 bits per heavy atom. The molecule has 21 heavy (non-hydrogen) atoms. The summed E-state index contributed by atoms with van der Waals surface area (Å²) in [4.78, 5) is 19.3. The lowest BCUT2D eigenvalue weighted by Gasteiger charge is -2.37. The lowest BCUT2D eigenvalue weighted by molar-refractivity contribution is 0.112. The Hall–Kier alpha value is -1.68. The zero-order valence-electron chi connectivity index (χ0n) is 12.5. The highest BCUT2D eigenvalue weighted by Gasteiger charge is 2.27. The first-order valence-electron chi connectivity index (χ1n) is 7.48. The van der Waals surface area contributed by atoms with Crippen molar-refractivity contribution in [3.05, 3.63) is 35.2 Å². The van der Waals surface area contributed by atoms with Crippen molar-refractivity contribution in [3.8, 4) is 11.3 Å². The highest BCUT2D eigenvalue weighted by molar-refractivity contribution is 7.17. The van der Waals surface area contributed by atoms with E-state index in [0.717, 1.165) is 34.1 Å². The molecule has 110 valence electrons. The van der Waals surface area contributed by atoms with E-state index in [2.05, 4.69) is 18.7 Å². The number of hydrogen-bond donors (Lipinski definition) is 0. The molecule has 1 aliphatic rings. The van der Waals surface area contributed by atoms with Gasteiger partial charge in [0.2, 0.25) is 0 Å². The molecule has 3 nitrogen and oxygen atoms in total. The Morgan fingerprint density at radius 3 is 2.76 bits per heavy atom. The number of benzene rings is 1. The van der Waals surface area contributed by atoms with Crippen LogP contribution in [0.1, 0.15) is 36.4 Å². The fourth-order valence-corrected chi connectivity index (χ4v) is 3.95. The molecule has 0 aliphatic carbocycles. The zero-order chi connectivity index (χ0) is 14.8. The van der Waals surface area contributed by atoms with Crippen molar-refractivity contribution in [2.24, 2.45) is 5.92 Å². The summed E-state index contributed by atoms with van der Waals surface area (Å²) in [6, 6.07) is 10.4. The predicted molar refractivity (Wildman–Crippen MR) is 88.1 cm³/mol. The number of nitrogens with zero attached hydrogens (tertiary/aromatic N) is 2. The van der Waals surface area contributed by atoms with Gasteiger partial charge < -0.3 is 4.90 Å². The van der Waals surface area contributed by atoms with E-state index in [4.69, 9.17) is 4.98 Å². The highest BCUT2D eigenvalue weighted by Crippen LogP contribution is 2.36. The number of anilines is 1. The summed E-state index contributed by atoms with van der Waals surface area (Å²) >= 11 is 1.51. The third kappa shape index (κ3) is 2.72. The molecule has 0 N–H and O–H groups in total. The number of aldehydes is 1. The van der Waals surface area contributed by atoms with Crippen molar-refractivity contribution in [2.75, 3.05) is 11.4 Å². The maximum atomic E-state index is 11.4. The van der Waals surface area contributed by atoms with Crippen molar-refractivity contribution < 1.29 is 4.79 Å². The van der Waals surface area contributed by atoms with Crippen molar-refractivity contribution in [1.82, 2.24) is 4.98 Å². The van der Waals surface area contributed by atoms with E-state index in [-0.39, 0.29) is 0 Å². The summed E-state index contributed by atoms with van der Waals surface area (Å²) in [6.45, 7) is 5.59. The van der Waals surface area contributed by atoms with E-state index in [9.17, 15) is 4.79 Å². The first-order valence-corrected chi connectivity index (χ1v) is 8.30. The molecule has 0 spiro atoms. The normalized spacial score (nSPS) is 22.3. The average molecular weight is 300 g/mol. The summed E-state index contributed by atoms with van der Waals surface area (Å²) in [5.41, 5.74) is 1.83. The zero-order valence-corrected chi connectivity index (χ0v) is 13.3. The van der Waals surface area contributed by atoms with Crippen molar-refractivity contribution in [1.29, 1.82) is 0 Å². The van der Waals surface area contributed by atoms with Crippen LogP contribution < -0.4 is 4.90 Å². The van der Waals surface area contributed by atoms with Gasteiger partial charge in [-0.2, -0.15) is 0 Å².